The normalized spacial score (nSPS) is 16.5. The summed E-state index contributed by atoms with van der Waals surface area (Å²) in [7, 11) is -4.60. The molecule has 260 valence electrons. The highest BCUT2D eigenvalue weighted by molar-refractivity contribution is 7.52. The number of imide groups is 1. The summed E-state index contributed by atoms with van der Waals surface area (Å²) in [4.78, 5) is 78.3. The zero-order chi connectivity index (χ0) is 33.7. The summed E-state index contributed by atoms with van der Waals surface area (Å²) in [6.45, 7) is 1.88. The standard InChI is InChI=1S/C31H55FN3O9P/c1-24-22-29(38)35(30(24)39)21-17-13-16-19-27(36)33-23-25(31(40)41)34-28(37)20-15-12-10-8-6-4-2-3-5-7-9-11-14-18-26(32)45(42,43)44/h24-26H,2-23H2,1H3,(H,33,36)(H,34,37)(H,40,41)(H2,42,43,44). The molecule has 3 atom stereocenters. The first-order valence-electron chi connectivity index (χ1n) is 16.6. The number of carboxylic acids is 1. The molecule has 0 aromatic rings. The van der Waals surface area contributed by atoms with Crippen LogP contribution in [0, 0.1) is 5.92 Å². The largest absolute Gasteiger partial charge is 0.480 e. The first-order valence-corrected chi connectivity index (χ1v) is 18.3. The highest BCUT2D eigenvalue weighted by Gasteiger charge is 2.34. The molecular weight excluding hydrogens is 608 g/mol. The SMILES string of the molecule is CC1CC(=O)N(CCCCCC(=O)NCC(NC(=O)CCCCCCCCCCCCCCCC(F)P(=O)(O)O)C(=O)O)C1=O. The first kappa shape index (κ1) is 40.7. The average Bonchev–Trinajstić information content (AvgIpc) is 3.21. The molecule has 0 bridgehead atoms. The molecule has 4 amide bonds. The van der Waals surface area contributed by atoms with Crippen molar-refractivity contribution in [2.45, 2.75) is 147 Å². The van der Waals surface area contributed by atoms with Gasteiger partial charge in [-0.1, -0.05) is 84.0 Å². The summed E-state index contributed by atoms with van der Waals surface area (Å²) in [6.07, 6.45) is 14.9. The maximum atomic E-state index is 13.2. The lowest BCUT2D eigenvalue weighted by atomic mass is 10.0. The van der Waals surface area contributed by atoms with Gasteiger partial charge in [0.1, 0.15) is 6.04 Å². The van der Waals surface area contributed by atoms with Crippen LogP contribution in [0.4, 0.5) is 4.39 Å². The third kappa shape index (κ3) is 19.0. The number of carboxylic acid groups (broad SMARTS) is 1. The number of unbranched alkanes of at least 4 members (excludes halogenated alkanes) is 14. The average molecular weight is 664 g/mol. The van der Waals surface area contributed by atoms with E-state index in [9.17, 15) is 38.0 Å². The Morgan fingerprint density at radius 2 is 1.29 bits per heavy atom. The summed E-state index contributed by atoms with van der Waals surface area (Å²) in [6, 6.07) is -1.20. The number of nitrogens with one attached hydrogen (secondary N) is 2. The van der Waals surface area contributed by atoms with Crippen molar-refractivity contribution in [2.24, 2.45) is 5.92 Å². The summed E-state index contributed by atoms with van der Waals surface area (Å²) in [5.41, 5.74) is 0. The second-order valence-electron chi connectivity index (χ2n) is 12.2. The van der Waals surface area contributed by atoms with Gasteiger partial charge in [-0.3, -0.25) is 28.6 Å². The molecule has 12 nitrogen and oxygen atoms in total. The highest BCUT2D eigenvalue weighted by atomic mass is 31.2. The molecule has 1 aliphatic heterocycles. The van der Waals surface area contributed by atoms with Crippen LogP contribution in [0.2, 0.25) is 0 Å². The van der Waals surface area contributed by atoms with Gasteiger partial charge in [-0.15, -0.1) is 0 Å². The molecule has 1 saturated heterocycles. The van der Waals surface area contributed by atoms with Crippen molar-refractivity contribution in [1.82, 2.24) is 15.5 Å². The number of likely N-dealkylation sites (tertiary alicyclic amines) is 1. The Morgan fingerprint density at radius 1 is 0.822 bits per heavy atom. The zero-order valence-electron chi connectivity index (χ0n) is 26.9. The predicted molar refractivity (Wildman–Crippen MR) is 168 cm³/mol. The van der Waals surface area contributed by atoms with Gasteiger partial charge in [0.25, 0.3) is 0 Å². The van der Waals surface area contributed by atoms with E-state index in [2.05, 4.69) is 10.6 Å². The number of rotatable bonds is 27. The summed E-state index contributed by atoms with van der Waals surface area (Å²) in [5, 5.41) is 14.5. The van der Waals surface area contributed by atoms with E-state index in [1.807, 2.05) is 0 Å². The van der Waals surface area contributed by atoms with Gasteiger partial charge in [-0.25, -0.2) is 9.18 Å². The number of halogens is 1. The Hall–Kier alpha value is -2.37. The summed E-state index contributed by atoms with van der Waals surface area (Å²) >= 11 is 0. The maximum absolute atomic E-state index is 13.2. The van der Waals surface area contributed by atoms with Crippen LogP contribution >= 0.6 is 7.60 Å². The van der Waals surface area contributed by atoms with Gasteiger partial charge in [0, 0.05) is 38.3 Å². The molecule has 1 aliphatic rings. The zero-order valence-corrected chi connectivity index (χ0v) is 27.7. The van der Waals surface area contributed by atoms with Crippen LogP contribution in [0.3, 0.4) is 0 Å². The maximum Gasteiger partial charge on any atom is 0.359 e. The van der Waals surface area contributed by atoms with Gasteiger partial charge in [0.15, 0.2) is 0 Å². The number of alkyl halides is 1. The number of nitrogens with zero attached hydrogens (tertiary/aromatic N) is 1. The fraction of sp³-hybridized carbons (Fsp3) is 0.839. The van der Waals surface area contributed by atoms with E-state index in [0.717, 1.165) is 70.6 Å². The Balaban J connectivity index is 1.99. The molecule has 0 spiro atoms. The van der Waals surface area contributed by atoms with E-state index in [1.54, 1.807) is 6.92 Å². The molecule has 1 fully saturated rings. The monoisotopic (exact) mass is 663 g/mol. The van der Waals surface area contributed by atoms with Crippen molar-refractivity contribution in [1.29, 1.82) is 0 Å². The summed E-state index contributed by atoms with van der Waals surface area (Å²) in [5.74, 6) is -4.51. The van der Waals surface area contributed by atoms with E-state index >= 15 is 0 Å². The predicted octanol–water partition coefficient (Wildman–Crippen LogP) is 4.95. The van der Waals surface area contributed by atoms with Crippen LogP contribution in [0.15, 0.2) is 0 Å². The Labute approximate surface area is 266 Å². The van der Waals surface area contributed by atoms with E-state index in [-0.39, 0.29) is 61.8 Å². The number of hydrogen-bond acceptors (Lipinski definition) is 6. The van der Waals surface area contributed by atoms with Crippen LogP contribution in [-0.2, 0) is 28.5 Å². The highest BCUT2D eigenvalue weighted by Crippen LogP contribution is 2.44. The molecule has 14 heteroatoms. The van der Waals surface area contributed by atoms with Gasteiger partial charge < -0.3 is 25.5 Å². The molecule has 1 heterocycles. The quantitative estimate of drug-likeness (QED) is 0.0460. The fourth-order valence-electron chi connectivity index (χ4n) is 5.30. The van der Waals surface area contributed by atoms with Crippen molar-refractivity contribution in [3.8, 4) is 0 Å². The van der Waals surface area contributed by atoms with E-state index < -0.39 is 25.5 Å². The van der Waals surface area contributed by atoms with Crippen molar-refractivity contribution in [2.75, 3.05) is 13.1 Å². The smallest absolute Gasteiger partial charge is 0.359 e. The lowest BCUT2D eigenvalue weighted by molar-refractivity contribution is -0.142. The molecule has 0 saturated carbocycles. The number of hydrogen-bond donors (Lipinski definition) is 5. The third-order valence-corrected chi connectivity index (χ3v) is 9.09. The number of amides is 4. The van der Waals surface area contributed by atoms with E-state index in [0.29, 0.717) is 38.6 Å². The second-order valence-corrected chi connectivity index (χ2v) is 14.0. The van der Waals surface area contributed by atoms with Crippen molar-refractivity contribution in [3.63, 3.8) is 0 Å². The van der Waals surface area contributed by atoms with Crippen LogP contribution in [0.25, 0.3) is 0 Å². The molecule has 1 rings (SSSR count). The number of carbonyl (C=O) groups is 5. The topological polar surface area (TPSA) is 190 Å². The molecule has 45 heavy (non-hydrogen) atoms. The fourth-order valence-corrected chi connectivity index (χ4v) is 5.82. The molecule has 0 aromatic carbocycles. The third-order valence-electron chi connectivity index (χ3n) is 8.10. The Bertz CT molecular complexity index is 978. The molecular formula is C31H55FN3O9P. The number of aliphatic carboxylic acids is 1. The van der Waals surface area contributed by atoms with Crippen molar-refractivity contribution >= 4 is 37.2 Å². The van der Waals surface area contributed by atoms with Gasteiger partial charge in [0.2, 0.25) is 29.5 Å². The second kappa shape index (κ2) is 23.0. The lowest BCUT2D eigenvalue weighted by Gasteiger charge is -2.16. The minimum absolute atomic E-state index is 0.0865. The van der Waals surface area contributed by atoms with E-state index in [4.69, 9.17) is 9.79 Å². The minimum atomic E-state index is -4.60. The van der Waals surface area contributed by atoms with Crippen LogP contribution in [0.1, 0.15) is 135 Å². The van der Waals surface area contributed by atoms with Crippen molar-refractivity contribution < 1.29 is 47.8 Å². The van der Waals surface area contributed by atoms with Crippen molar-refractivity contribution in [3.05, 3.63) is 0 Å². The first-order chi connectivity index (χ1) is 21.3. The van der Waals surface area contributed by atoms with Crippen LogP contribution in [0.5, 0.6) is 0 Å². The van der Waals surface area contributed by atoms with Crippen LogP contribution < -0.4 is 10.6 Å². The number of carbonyl (C=O) groups excluding carboxylic acids is 4. The lowest BCUT2D eigenvalue weighted by Crippen LogP contribution is -2.48. The molecule has 0 radical (unpaired) electrons. The van der Waals surface area contributed by atoms with Gasteiger partial charge in [-0.05, 0) is 32.1 Å². The molecule has 0 aliphatic carbocycles. The molecule has 3 unspecified atom stereocenters. The van der Waals surface area contributed by atoms with Crippen LogP contribution in [-0.4, -0.2) is 74.4 Å². The molecule has 5 N–H and O–H groups in total. The molecule has 0 aromatic heterocycles. The Morgan fingerprint density at radius 3 is 1.76 bits per heavy atom. The summed E-state index contributed by atoms with van der Waals surface area (Å²) < 4.78 is 23.9. The van der Waals surface area contributed by atoms with Gasteiger partial charge in [-0.2, -0.15) is 0 Å². The van der Waals surface area contributed by atoms with Gasteiger partial charge in [0.05, 0.1) is 0 Å². The van der Waals surface area contributed by atoms with E-state index in [1.165, 1.54) is 4.90 Å². The Kier molecular flexibility index (Phi) is 20.8. The van der Waals surface area contributed by atoms with Gasteiger partial charge >= 0.3 is 13.6 Å². The minimum Gasteiger partial charge on any atom is -0.480 e.